The van der Waals surface area contributed by atoms with Crippen molar-refractivity contribution in [3.8, 4) is 5.75 Å². The van der Waals surface area contributed by atoms with Gasteiger partial charge in [-0.15, -0.1) is 0 Å². The second-order valence-electron chi connectivity index (χ2n) is 5.81. The summed E-state index contributed by atoms with van der Waals surface area (Å²) in [6.07, 6.45) is 0. The van der Waals surface area contributed by atoms with Crippen LogP contribution >= 0.6 is 23.2 Å². The van der Waals surface area contributed by atoms with Gasteiger partial charge in [0.1, 0.15) is 5.75 Å². The lowest BCUT2D eigenvalue weighted by Crippen LogP contribution is -2.14. The second kappa shape index (κ2) is 8.78. The van der Waals surface area contributed by atoms with Gasteiger partial charge < -0.3 is 15.4 Å². The highest BCUT2D eigenvalue weighted by molar-refractivity contribution is 6.34. The van der Waals surface area contributed by atoms with Crippen molar-refractivity contribution in [1.29, 1.82) is 0 Å². The van der Waals surface area contributed by atoms with E-state index in [0.717, 1.165) is 0 Å². The van der Waals surface area contributed by atoms with Crippen LogP contribution < -0.4 is 15.4 Å². The average Bonchev–Trinajstić information content (AvgIpc) is 2.69. The van der Waals surface area contributed by atoms with E-state index in [1.54, 1.807) is 66.7 Å². The van der Waals surface area contributed by atoms with Crippen molar-refractivity contribution >= 4 is 46.4 Å². The number of hydrogen-bond acceptors (Lipinski definition) is 3. The molecule has 0 bridgehead atoms. The third kappa shape index (κ3) is 4.63. The lowest BCUT2D eigenvalue weighted by Gasteiger charge is -2.13. The van der Waals surface area contributed by atoms with Gasteiger partial charge in [0.25, 0.3) is 11.8 Å². The molecule has 0 spiro atoms. The van der Waals surface area contributed by atoms with E-state index in [2.05, 4.69) is 10.6 Å². The van der Waals surface area contributed by atoms with Crippen LogP contribution in [-0.2, 0) is 0 Å². The zero-order chi connectivity index (χ0) is 20.1. The van der Waals surface area contributed by atoms with Gasteiger partial charge in [-0.1, -0.05) is 35.3 Å². The molecule has 0 aromatic heterocycles. The van der Waals surface area contributed by atoms with Crippen molar-refractivity contribution in [3.05, 3.63) is 87.9 Å². The first-order valence-corrected chi connectivity index (χ1v) is 9.04. The summed E-state index contributed by atoms with van der Waals surface area (Å²) in [5.41, 5.74) is 1.80. The molecule has 3 aromatic rings. The van der Waals surface area contributed by atoms with E-state index in [0.29, 0.717) is 38.3 Å². The highest BCUT2D eigenvalue weighted by Gasteiger charge is 2.14. The Morgan fingerprint density at radius 2 is 1.57 bits per heavy atom. The maximum atomic E-state index is 12.4. The van der Waals surface area contributed by atoms with Crippen LogP contribution in [0.3, 0.4) is 0 Å². The number of carbonyl (C=O) groups is 2. The molecule has 142 valence electrons. The van der Waals surface area contributed by atoms with Gasteiger partial charge in [-0.2, -0.15) is 0 Å². The second-order valence-corrected chi connectivity index (χ2v) is 6.65. The average molecular weight is 415 g/mol. The Bertz CT molecular complexity index is 1020. The quantitative estimate of drug-likeness (QED) is 0.578. The lowest BCUT2D eigenvalue weighted by molar-refractivity contribution is 0.101. The number of benzene rings is 3. The highest BCUT2D eigenvalue weighted by atomic mass is 35.5. The molecule has 0 unspecified atom stereocenters. The van der Waals surface area contributed by atoms with Crippen LogP contribution in [0.1, 0.15) is 20.7 Å². The number of methoxy groups -OCH3 is 1. The summed E-state index contributed by atoms with van der Waals surface area (Å²) in [5, 5.41) is 6.44. The maximum Gasteiger partial charge on any atom is 0.257 e. The minimum atomic E-state index is -0.359. The molecule has 0 aliphatic heterocycles. The fourth-order valence-corrected chi connectivity index (χ4v) is 2.86. The molecule has 2 N–H and O–H groups in total. The zero-order valence-electron chi connectivity index (χ0n) is 14.8. The van der Waals surface area contributed by atoms with E-state index in [-0.39, 0.29) is 11.8 Å². The predicted octanol–water partition coefficient (Wildman–Crippen LogP) is 5.51. The van der Waals surface area contributed by atoms with Crippen LogP contribution in [0.4, 0.5) is 11.4 Å². The van der Waals surface area contributed by atoms with Crippen LogP contribution in [0.2, 0.25) is 10.0 Å². The summed E-state index contributed by atoms with van der Waals surface area (Å²) in [6, 6.07) is 18.2. The topological polar surface area (TPSA) is 67.4 Å². The fraction of sp³-hybridized carbons (Fsp3) is 0.0476. The normalized spacial score (nSPS) is 10.2. The van der Waals surface area contributed by atoms with Crippen LogP contribution in [0.25, 0.3) is 0 Å². The molecule has 5 nitrogen and oxygen atoms in total. The Balaban J connectivity index is 1.76. The molecule has 2 amide bonds. The van der Waals surface area contributed by atoms with Gasteiger partial charge in [-0.25, -0.2) is 0 Å². The van der Waals surface area contributed by atoms with Gasteiger partial charge in [-0.05, 0) is 48.5 Å². The Hall–Kier alpha value is -3.02. The number of hydrogen-bond donors (Lipinski definition) is 2. The maximum absolute atomic E-state index is 12.4. The summed E-state index contributed by atoms with van der Waals surface area (Å²) in [6.45, 7) is 0. The van der Waals surface area contributed by atoms with Crippen molar-refractivity contribution < 1.29 is 14.3 Å². The molecule has 0 saturated heterocycles. The van der Waals surface area contributed by atoms with Crippen LogP contribution in [0.5, 0.6) is 5.75 Å². The number of anilines is 2. The number of nitrogens with one attached hydrogen (secondary N) is 2. The highest BCUT2D eigenvalue weighted by Crippen LogP contribution is 2.29. The minimum Gasteiger partial charge on any atom is -0.494 e. The Kier molecular flexibility index (Phi) is 6.19. The fourth-order valence-electron chi connectivity index (χ4n) is 2.51. The molecule has 0 heterocycles. The van der Waals surface area contributed by atoms with E-state index in [9.17, 15) is 9.59 Å². The van der Waals surface area contributed by atoms with Gasteiger partial charge in [0, 0.05) is 22.3 Å². The van der Waals surface area contributed by atoms with Gasteiger partial charge >= 0.3 is 0 Å². The number of amides is 2. The molecular weight excluding hydrogens is 399 g/mol. The summed E-state index contributed by atoms with van der Waals surface area (Å²) in [4.78, 5) is 24.8. The molecule has 28 heavy (non-hydrogen) atoms. The molecule has 0 aliphatic rings. The summed E-state index contributed by atoms with van der Waals surface area (Å²) in [7, 11) is 1.48. The molecule has 3 rings (SSSR count). The van der Waals surface area contributed by atoms with Crippen LogP contribution in [-0.4, -0.2) is 18.9 Å². The molecular formula is C21H16Cl2N2O3. The van der Waals surface area contributed by atoms with Crippen molar-refractivity contribution in [2.75, 3.05) is 17.7 Å². The number of ether oxygens (including phenoxy) is 1. The smallest absolute Gasteiger partial charge is 0.257 e. The third-order valence-electron chi connectivity index (χ3n) is 3.93. The van der Waals surface area contributed by atoms with E-state index < -0.39 is 0 Å². The lowest BCUT2D eigenvalue weighted by atomic mass is 10.2. The first-order valence-electron chi connectivity index (χ1n) is 8.29. The van der Waals surface area contributed by atoms with Crippen molar-refractivity contribution in [1.82, 2.24) is 0 Å². The number of rotatable bonds is 5. The van der Waals surface area contributed by atoms with Crippen molar-refractivity contribution in [3.63, 3.8) is 0 Å². The number of halogens is 2. The molecule has 0 saturated carbocycles. The number of carbonyl (C=O) groups excluding carboxylic acids is 2. The van der Waals surface area contributed by atoms with E-state index >= 15 is 0 Å². The summed E-state index contributed by atoms with van der Waals surface area (Å²) in [5.74, 6) is -0.247. The monoisotopic (exact) mass is 414 g/mol. The van der Waals surface area contributed by atoms with E-state index in [1.807, 2.05) is 0 Å². The molecule has 7 heteroatoms. The standard InChI is InChI=1S/C21H16Cl2N2O3/c1-28-19-12-15(24-20(26)13-6-8-14(22)9-7-13)10-11-18(19)25-21(27)16-4-2-3-5-17(16)23/h2-12H,1H3,(H,24,26)(H,25,27). The summed E-state index contributed by atoms with van der Waals surface area (Å²) < 4.78 is 5.34. The van der Waals surface area contributed by atoms with Crippen LogP contribution in [0.15, 0.2) is 66.7 Å². The van der Waals surface area contributed by atoms with Gasteiger partial charge in [0.05, 0.1) is 23.4 Å². The minimum absolute atomic E-state index is 0.286. The predicted molar refractivity (Wildman–Crippen MR) is 112 cm³/mol. The first kappa shape index (κ1) is 19.7. The third-order valence-corrected chi connectivity index (χ3v) is 4.51. The van der Waals surface area contributed by atoms with Crippen molar-refractivity contribution in [2.24, 2.45) is 0 Å². The Labute approximate surface area is 172 Å². The van der Waals surface area contributed by atoms with E-state index in [4.69, 9.17) is 27.9 Å². The van der Waals surface area contributed by atoms with E-state index in [1.165, 1.54) is 7.11 Å². The van der Waals surface area contributed by atoms with Crippen molar-refractivity contribution in [2.45, 2.75) is 0 Å². The SMILES string of the molecule is COc1cc(NC(=O)c2ccc(Cl)cc2)ccc1NC(=O)c1ccccc1Cl. The first-order chi connectivity index (χ1) is 13.5. The largest absolute Gasteiger partial charge is 0.494 e. The Morgan fingerprint density at radius 1 is 0.857 bits per heavy atom. The van der Waals surface area contributed by atoms with Gasteiger partial charge in [0.15, 0.2) is 0 Å². The molecule has 0 aliphatic carbocycles. The molecule has 0 fully saturated rings. The molecule has 0 radical (unpaired) electrons. The summed E-state index contributed by atoms with van der Waals surface area (Å²) >= 11 is 11.9. The molecule has 0 atom stereocenters. The Morgan fingerprint density at radius 3 is 2.25 bits per heavy atom. The van der Waals surface area contributed by atoms with Gasteiger partial charge in [0.2, 0.25) is 0 Å². The zero-order valence-corrected chi connectivity index (χ0v) is 16.3. The van der Waals surface area contributed by atoms with Crippen LogP contribution in [0, 0.1) is 0 Å². The van der Waals surface area contributed by atoms with Gasteiger partial charge in [-0.3, -0.25) is 9.59 Å². The molecule has 3 aromatic carbocycles.